The smallest absolute Gasteiger partial charge is 0.157 e. The lowest BCUT2D eigenvalue weighted by Crippen LogP contribution is -2.34. The van der Waals surface area contributed by atoms with Crippen LogP contribution >= 0.6 is 0 Å². The fourth-order valence-electron chi connectivity index (χ4n) is 3.29. The first kappa shape index (κ1) is 16.0. The number of halogens is 1. The van der Waals surface area contributed by atoms with E-state index in [9.17, 15) is 4.39 Å². The average Bonchev–Trinajstić information content (AvgIpc) is 3.11. The molecule has 1 aromatic carbocycles. The van der Waals surface area contributed by atoms with E-state index >= 15 is 0 Å². The minimum absolute atomic E-state index is 0.242. The summed E-state index contributed by atoms with van der Waals surface area (Å²) in [6.45, 7) is 1.65. The second-order valence-corrected chi connectivity index (χ2v) is 6.48. The van der Waals surface area contributed by atoms with Crippen molar-refractivity contribution in [2.24, 2.45) is 0 Å². The molecule has 5 nitrogen and oxygen atoms in total. The van der Waals surface area contributed by atoms with Gasteiger partial charge in [0.25, 0.3) is 0 Å². The molecule has 3 heterocycles. The normalized spacial score (nSPS) is 17.8. The van der Waals surface area contributed by atoms with Crippen molar-refractivity contribution < 1.29 is 9.13 Å². The lowest BCUT2D eigenvalue weighted by atomic mass is 10.1. The standard InChI is InChI=1S/C19H21FN4O/c1-23(13-16-4-2-3-11-25-16)19-12-17(14-5-7-15(20)8-6-14)22-18-9-10-21-24(18)19/h5-10,12,16H,2-4,11,13H2,1H3. The molecule has 1 unspecified atom stereocenters. The van der Waals surface area contributed by atoms with E-state index in [0.717, 1.165) is 48.7 Å². The van der Waals surface area contributed by atoms with Crippen molar-refractivity contribution in [2.45, 2.75) is 25.4 Å². The van der Waals surface area contributed by atoms with Gasteiger partial charge in [-0.1, -0.05) is 0 Å². The van der Waals surface area contributed by atoms with Gasteiger partial charge in [-0.15, -0.1) is 0 Å². The van der Waals surface area contributed by atoms with Gasteiger partial charge in [0.2, 0.25) is 0 Å². The summed E-state index contributed by atoms with van der Waals surface area (Å²) in [7, 11) is 2.04. The molecule has 1 fully saturated rings. The molecule has 0 spiro atoms. The first-order valence-electron chi connectivity index (χ1n) is 8.64. The van der Waals surface area contributed by atoms with Crippen LogP contribution in [-0.2, 0) is 4.74 Å². The van der Waals surface area contributed by atoms with Gasteiger partial charge in [-0.05, 0) is 43.5 Å². The average molecular weight is 340 g/mol. The Morgan fingerprint density at radius 2 is 2.08 bits per heavy atom. The number of aromatic nitrogens is 3. The van der Waals surface area contributed by atoms with Crippen molar-refractivity contribution in [3.63, 3.8) is 0 Å². The Hall–Kier alpha value is -2.47. The predicted octanol–water partition coefficient (Wildman–Crippen LogP) is 3.54. The maximum atomic E-state index is 13.2. The van der Waals surface area contributed by atoms with Gasteiger partial charge < -0.3 is 9.64 Å². The van der Waals surface area contributed by atoms with Crippen LogP contribution < -0.4 is 4.90 Å². The minimum Gasteiger partial charge on any atom is -0.376 e. The van der Waals surface area contributed by atoms with E-state index < -0.39 is 0 Å². The third-order valence-corrected chi connectivity index (χ3v) is 4.62. The van der Waals surface area contributed by atoms with E-state index in [0.29, 0.717) is 0 Å². The van der Waals surface area contributed by atoms with Gasteiger partial charge in [-0.2, -0.15) is 9.61 Å². The Morgan fingerprint density at radius 1 is 1.24 bits per heavy atom. The molecule has 0 radical (unpaired) electrons. The number of hydrogen-bond donors (Lipinski definition) is 0. The number of rotatable bonds is 4. The summed E-state index contributed by atoms with van der Waals surface area (Å²) in [6, 6.07) is 10.3. The number of likely N-dealkylation sites (N-methyl/N-ethyl adjacent to an activating group) is 1. The molecule has 25 heavy (non-hydrogen) atoms. The van der Waals surface area contributed by atoms with Gasteiger partial charge in [0.15, 0.2) is 5.65 Å². The summed E-state index contributed by atoms with van der Waals surface area (Å²) in [4.78, 5) is 6.80. The zero-order valence-corrected chi connectivity index (χ0v) is 14.2. The molecule has 0 aliphatic carbocycles. The van der Waals surface area contributed by atoms with E-state index in [4.69, 9.17) is 4.74 Å². The van der Waals surface area contributed by atoms with E-state index in [1.54, 1.807) is 18.3 Å². The highest BCUT2D eigenvalue weighted by atomic mass is 19.1. The van der Waals surface area contributed by atoms with Crippen molar-refractivity contribution in [1.29, 1.82) is 0 Å². The van der Waals surface area contributed by atoms with Crippen molar-refractivity contribution in [2.75, 3.05) is 25.1 Å². The van der Waals surface area contributed by atoms with Crippen molar-refractivity contribution in [3.05, 3.63) is 48.4 Å². The number of fused-ring (bicyclic) bond motifs is 1. The second kappa shape index (κ2) is 6.80. The minimum atomic E-state index is -0.249. The van der Waals surface area contributed by atoms with Crippen LogP contribution in [0.1, 0.15) is 19.3 Å². The highest BCUT2D eigenvalue weighted by Gasteiger charge is 2.18. The van der Waals surface area contributed by atoms with E-state index in [1.165, 1.54) is 18.6 Å². The quantitative estimate of drug-likeness (QED) is 0.728. The van der Waals surface area contributed by atoms with Gasteiger partial charge in [-0.3, -0.25) is 0 Å². The first-order valence-corrected chi connectivity index (χ1v) is 8.64. The SMILES string of the molecule is CN(CC1CCCCO1)c1cc(-c2ccc(F)cc2)nc2ccnn12. The third kappa shape index (κ3) is 3.35. The van der Waals surface area contributed by atoms with Crippen LogP contribution in [0.3, 0.4) is 0 Å². The number of benzene rings is 1. The fraction of sp³-hybridized carbons (Fsp3) is 0.368. The molecule has 3 aromatic rings. The third-order valence-electron chi connectivity index (χ3n) is 4.62. The fourth-order valence-corrected chi connectivity index (χ4v) is 3.29. The molecule has 0 amide bonds. The predicted molar refractivity (Wildman–Crippen MR) is 95.2 cm³/mol. The highest BCUT2D eigenvalue weighted by Crippen LogP contribution is 2.25. The molecule has 130 valence electrons. The monoisotopic (exact) mass is 340 g/mol. The summed E-state index contributed by atoms with van der Waals surface area (Å²) >= 11 is 0. The second-order valence-electron chi connectivity index (χ2n) is 6.48. The number of anilines is 1. The molecule has 1 saturated heterocycles. The van der Waals surface area contributed by atoms with Crippen LogP contribution in [0.2, 0.25) is 0 Å². The zero-order chi connectivity index (χ0) is 17.2. The summed E-state index contributed by atoms with van der Waals surface area (Å²) in [5, 5.41) is 4.39. The number of nitrogens with zero attached hydrogens (tertiary/aromatic N) is 4. The van der Waals surface area contributed by atoms with E-state index in [1.807, 2.05) is 23.7 Å². The molecule has 0 saturated carbocycles. The van der Waals surface area contributed by atoms with Crippen LogP contribution in [0.5, 0.6) is 0 Å². The van der Waals surface area contributed by atoms with Gasteiger partial charge in [0.05, 0.1) is 18.0 Å². The largest absolute Gasteiger partial charge is 0.376 e. The Balaban J connectivity index is 1.69. The Bertz CT molecular complexity index is 855. The van der Waals surface area contributed by atoms with Crippen LogP contribution in [0.15, 0.2) is 42.6 Å². The maximum Gasteiger partial charge on any atom is 0.157 e. The molecular weight excluding hydrogens is 319 g/mol. The Morgan fingerprint density at radius 3 is 2.84 bits per heavy atom. The molecule has 1 aliphatic heterocycles. The van der Waals surface area contributed by atoms with Crippen molar-refractivity contribution >= 4 is 11.5 Å². The topological polar surface area (TPSA) is 42.7 Å². The first-order chi connectivity index (χ1) is 12.2. The van der Waals surface area contributed by atoms with Crippen LogP contribution in [0, 0.1) is 5.82 Å². The highest BCUT2D eigenvalue weighted by molar-refractivity contribution is 5.66. The molecule has 1 atom stereocenters. The lowest BCUT2D eigenvalue weighted by molar-refractivity contribution is 0.0215. The van der Waals surface area contributed by atoms with Gasteiger partial charge in [0.1, 0.15) is 11.6 Å². The Labute approximate surface area is 146 Å². The van der Waals surface area contributed by atoms with Crippen LogP contribution in [0.25, 0.3) is 16.9 Å². The molecule has 0 N–H and O–H groups in total. The maximum absolute atomic E-state index is 13.2. The van der Waals surface area contributed by atoms with Gasteiger partial charge in [-0.25, -0.2) is 9.37 Å². The number of ether oxygens (including phenoxy) is 1. The molecular formula is C19H21FN4O. The van der Waals surface area contributed by atoms with E-state index in [-0.39, 0.29) is 11.9 Å². The molecule has 6 heteroatoms. The van der Waals surface area contributed by atoms with Crippen molar-refractivity contribution in [1.82, 2.24) is 14.6 Å². The number of hydrogen-bond acceptors (Lipinski definition) is 4. The summed E-state index contributed by atoms with van der Waals surface area (Å²) in [5.41, 5.74) is 2.46. The van der Waals surface area contributed by atoms with Crippen LogP contribution in [-0.4, -0.2) is 40.9 Å². The zero-order valence-electron chi connectivity index (χ0n) is 14.2. The van der Waals surface area contributed by atoms with Gasteiger partial charge in [0, 0.05) is 37.9 Å². The molecule has 2 aromatic heterocycles. The van der Waals surface area contributed by atoms with Crippen molar-refractivity contribution in [3.8, 4) is 11.3 Å². The summed E-state index contributed by atoms with van der Waals surface area (Å²) < 4.78 is 20.9. The molecule has 0 bridgehead atoms. The molecule has 1 aliphatic rings. The summed E-state index contributed by atoms with van der Waals surface area (Å²) in [5.74, 6) is 0.699. The summed E-state index contributed by atoms with van der Waals surface area (Å²) in [6.07, 6.45) is 5.43. The van der Waals surface area contributed by atoms with Crippen LogP contribution in [0.4, 0.5) is 10.2 Å². The van der Waals surface area contributed by atoms with E-state index in [2.05, 4.69) is 15.0 Å². The lowest BCUT2D eigenvalue weighted by Gasteiger charge is -2.28. The van der Waals surface area contributed by atoms with Gasteiger partial charge >= 0.3 is 0 Å². The Kier molecular flexibility index (Phi) is 4.36. The molecule has 4 rings (SSSR count).